The minimum absolute atomic E-state index is 0.903. The van der Waals surface area contributed by atoms with E-state index in [1.807, 2.05) is 6.07 Å². The van der Waals surface area contributed by atoms with Gasteiger partial charge >= 0.3 is 0 Å². The van der Waals surface area contributed by atoms with Crippen LogP contribution in [0.2, 0.25) is 0 Å². The van der Waals surface area contributed by atoms with Gasteiger partial charge in [-0.1, -0.05) is 22.9 Å². The van der Waals surface area contributed by atoms with Crippen LogP contribution in [0, 0.1) is 0 Å². The Bertz CT molecular complexity index is 408. The Morgan fingerprint density at radius 2 is 2.33 bits per heavy atom. The summed E-state index contributed by atoms with van der Waals surface area (Å²) in [5.74, 6) is 0. The van der Waals surface area contributed by atoms with Crippen LogP contribution in [0.15, 0.2) is 27.4 Å². The molecule has 2 rings (SSSR count). The maximum atomic E-state index is 5.26. The maximum Gasteiger partial charge on any atom is 0.181 e. The van der Waals surface area contributed by atoms with E-state index in [1.165, 1.54) is 12.0 Å². The Hall–Kier alpha value is -0.830. The van der Waals surface area contributed by atoms with Gasteiger partial charge in [0.05, 0.1) is 0 Å². The monoisotopic (exact) mass is 225 g/mol. The van der Waals surface area contributed by atoms with Gasteiger partial charge < -0.3 is 4.42 Å². The first-order valence-electron chi connectivity index (χ1n) is 3.83. The molecule has 1 heterocycles. The molecule has 0 aliphatic heterocycles. The Morgan fingerprint density at radius 3 is 3.08 bits per heavy atom. The Kier molecular flexibility index (Phi) is 1.89. The van der Waals surface area contributed by atoms with Crippen LogP contribution in [0.3, 0.4) is 0 Å². The molecular formula is C9H8BrNO. The van der Waals surface area contributed by atoms with Crippen LogP contribution in [0.1, 0.15) is 12.5 Å². The summed E-state index contributed by atoms with van der Waals surface area (Å²) in [5.41, 5.74) is 3.01. The predicted octanol–water partition coefficient (Wildman–Crippen LogP) is 3.15. The molecule has 0 amide bonds. The molecule has 62 valence electrons. The van der Waals surface area contributed by atoms with Gasteiger partial charge in [0.25, 0.3) is 0 Å². The van der Waals surface area contributed by atoms with Crippen molar-refractivity contribution in [2.75, 3.05) is 0 Å². The second kappa shape index (κ2) is 2.90. The summed E-state index contributed by atoms with van der Waals surface area (Å²) in [7, 11) is 0. The largest absolute Gasteiger partial charge is 0.443 e. The van der Waals surface area contributed by atoms with E-state index in [4.69, 9.17) is 4.42 Å². The van der Waals surface area contributed by atoms with Crippen molar-refractivity contribution >= 4 is 27.0 Å². The van der Waals surface area contributed by atoms with Crippen LogP contribution in [0.25, 0.3) is 11.1 Å². The zero-order valence-electron chi connectivity index (χ0n) is 6.67. The molecule has 0 saturated heterocycles. The van der Waals surface area contributed by atoms with Gasteiger partial charge in [-0.15, -0.1) is 0 Å². The molecule has 0 fully saturated rings. The molecular weight excluding hydrogens is 218 g/mol. The first kappa shape index (κ1) is 7.80. The maximum absolute atomic E-state index is 5.26. The molecule has 1 aromatic heterocycles. The summed E-state index contributed by atoms with van der Waals surface area (Å²) in [5, 5.41) is 0. The van der Waals surface area contributed by atoms with E-state index in [1.54, 1.807) is 0 Å². The van der Waals surface area contributed by atoms with Crippen LogP contribution < -0.4 is 0 Å². The number of hydrogen-bond acceptors (Lipinski definition) is 2. The van der Waals surface area contributed by atoms with Gasteiger partial charge in [-0.05, 0) is 24.1 Å². The molecule has 0 atom stereocenters. The number of aryl methyl sites for hydroxylation is 1. The summed E-state index contributed by atoms with van der Waals surface area (Å²) in [6.07, 6.45) is 2.45. The van der Waals surface area contributed by atoms with Crippen LogP contribution in [-0.2, 0) is 6.42 Å². The number of hydrogen-bond donors (Lipinski definition) is 0. The SMILES string of the molecule is CCc1cc(Br)cc2ncoc12. The van der Waals surface area contributed by atoms with Crippen LogP contribution >= 0.6 is 15.9 Å². The highest BCUT2D eigenvalue weighted by atomic mass is 79.9. The molecule has 0 aliphatic carbocycles. The Balaban J connectivity index is 2.80. The van der Waals surface area contributed by atoms with Crippen LogP contribution in [-0.4, -0.2) is 4.98 Å². The quantitative estimate of drug-likeness (QED) is 0.746. The predicted molar refractivity (Wildman–Crippen MR) is 51.1 cm³/mol. The van der Waals surface area contributed by atoms with E-state index >= 15 is 0 Å². The van der Waals surface area contributed by atoms with E-state index < -0.39 is 0 Å². The van der Waals surface area contributed by atoms with Crippen molar-refractivity contribution in [1.29, 1.82) is 0 Å². The number of aromatic nitrogens is 1. The molecule has 0 spiro atoms. The van der Waals surface area contributed by atoms with Gasteiger partial charge in [0, 0.05) is 4.47 Å². The summed E-state index contributed by atoms with van der Waals surface area (Å²) in [6.45, 7) is 2.10. The second-order valence-corrected chi connectivity index (χ2v) is 3.53. The number of nitrogens with zero attached hydrogens (tertiary/aromatic N) is 1. The molecule has 0 aliphatic rings. The number of halogens is 1. The highest BCUT2D eigenvalue weighted by Crippen LogP contribution is 2.23. The average molecular weight is 226 g/mol. The lowest BCUT2D eigenvalue weighted by Crippen LogP contribution is -1.81. The summed E-state index contributed by atoms with van der Waals surface area (Å²) >= 11 is 3.43. The highest BCUT2D eigenvalue weighted by molar-refractivity contribution is 9.10. The Morgan fingerprint density at radius 1 is 1.50 bits per heavy atom. The van der Waals surface area contributed by atoms with Crippen molar-refractivity contribution in [2.24, 2.45) is 0 Å². The first-order valence-corrected chi connectivity index (χ1v) is 4.62. The van der Waals surface area contributed by atoms with E-state index in [0.29, 0.717) is 0 Å². The lowest BCUT2D eigenvalue weighted by atomic mass is 10.1. The topological polar surface area (TPSA) is 26.0 Å². The lowest BCUT2D eigenvalue weighted by molar-refractivity contribution is 0.598. The van der Waals surface area contributed by atoms with Crippen molar-refractivity contribution in [3.05, 3.63) is 28.6 Å². The fourth-order valence-electron chi connectivity index (χ4n) is 1.26. The van der Waals surface area contributed by atoms with Gasteiger partial charge in [-0.2, -0.15) is 0 Å². The minimum Gasteiger partial charge on any atom is -0.443 e. The Labute approximate surface area is 78.7 Å². The van der Waals surface area contributed by atoms with Crippen LogP contribution in [0.5, 0.6) is 0 Å². The molecule has 3 heteroatoms. The third-order valence-electron chi connectivity index (χ3n) is 1.85. The number of benzene rings is 1. The fourth-order valence-corrected chi connectivity index (χ4v) is 1.76. The number of oxazole rings is 1. The molecule has 2 nitrogen and oxygen atoms in total. The van der Waals surface area contributed by atoms with Gasteiger partial charge in [0.1, 0.15) is 5.52 Å². The number of rotatable bonds is 1. The van der Waals surface area contributed by atoms with Crippen molar-refractivity contribution in [1.82, 2.24) is 4.98 Å². The van der Waals surface area contributed by atoms with Crippen LogP contribution in [0.4, 0.5) is 0 Å². The summed E-state index contributed by atoms with van der Waals surface area (Å²) < 4.78 is 6.32. The third kappa shape index (κ3) is 1.14. The molecule has 1 aromatic carbocycles. The van der Waals surface area contributed by atoms with Gasteiger partial charge in [-0.3, -0.25) is 0 Å². The molecule has 2 aromatic rings. The van der Waals surface area contributed by atoms with Gasteiger partial charge in [0.2, 0.25) is 0 Å². The summed E-state index contributed by atoms with van der Waals surface area (Å²) in [4.78, 5) is 4.09. The van der Waals surface area contributed by atoms with E-state index in [2.05, 4.69) is 33.9 Å². The van der Waals surface area contributed by atoms with Crippen molar-refractivity contribution in [3.8, 4) is 0 Å². The smallest absolute Gasteiger partial charge is 0.181 e. The zero-order valence-corrected chi connectivity index (χ0v) is 8.26. The summed E-state index contributed by atoms with van der Waals surface area (Å²) in [6, 6.07) is 4.02. The van der Waals surface area contributed by atoms with Crippen molar-refractivity contribution < 1.29 is 4.42 Å². The van der Waals surface area contributed by atoms with E-state index in [9.17, 15) is 0 Å². The lowest BCUT2D eigenvalue weighted by Gasteiger charge is -1.97. The second-order valence-electron chi connectivity index (χ2n) is 2.62. The van der Waals surface area contributed by atoms with Crippen molar-refractivity contribution in [3.63, 3.8) is 0 Å². The van der Waals surface area contributed by atoms with E-state index in [0.717, 1.165) is 22.0 Å². The standard InChI is InChI=1S/C9H8BrNO/c1-2-6-3-7(10)4-8-9(6)12-5-11-8/h3-5H,2H2,1H3. The normalized spacial score (nSPS) is 10.8. The third-order valence-corrected chi connectivity index (χ3v) is 2.31. The molecule has 0 bridgehead atoms. The zero-order chi connectivity index (χ0) is 8.55. The molecule has 0 saturated carbocycles. The van der Waals surface area contributed by atoms with Gasteiger partial charge in [-0.25, -0.2) is 4.98 Å². The molecule has 0 N–H and O–H groups in total. The van der Waals surface area contributed by atoms with Gasteiger partial charge in [0.15, 0.2) is 12.0 Å². The minimum atomic E-state index is 0.903. The molecule has 0 unspecified atom stereocenters. The first-order chi connectivity index (χ1) is 5.81. The molecule has 12 heavy (non-hydrogen) atoms. The number of fused-ring (bicyclic) bond motifs is 1. The average Bonchev–Trinajstić information content (AvgIpc) is 2.50. The van der Waals surface area contributed by atoms with Crippen molar-refractivity contribution in [2.45, 2.75) is 13.3 Å². The van der Waals surface area contributed by atoms with E-state index in [-0.39, 0.29) is 0 Å². The highest BCUT2D eigenvalue weighted by Gasteiger charge is 2.04. The fraction of sp³-hybridized carbons (Fsp3) is 0.222. The molecule has 0 radical (unpaired) electrons.